The minimum Gasteiger partial charge on any atom is -0.481 e. The van der Waals surface area contributed by atoms with Crippen molar-refractivity contribution in [2.75, 3.05) is 0 Å². The topological polar surface area (TPSA) is 304 Å². The molecule has 9 N–H and O–H groups in total. The summed E-state index contributed by atoms with van der Waals surface area (Å²) in [6.45, 7) is 12.3. The molecular formula is C40H60N6O13. The maximum Gasteiger partial charge on any atom is 0.305 e. The second-order valence-electron chi connectivity index (χ2n) is 15.8. The van der Waals surface area contributed by atoms with Gasteiger partial charge in [0.25, 0.3) is 0 Å². The number of carbonyl (C=O) groups is 10. The molecule has 1 unspecified atom stereocenters. The van der Waals surface area contributed by atoms with Crippen LogP contribution in [0.3, 0.4) is 0 Å². The molecule has 0 fully saturated rings. The molecule has 1 rings (SSSR count). The molecule has 0 heterocycles. The predicted molar refractivity (Wildman–Crippen MR) is 212 cm³/mol. The van der Waals surface area contributed by atoms with Crippen molar-refractivity contribution in [3.05, 3.63) is 35.4 Å². The smallest absolute Gasteiger partial charge is 0.305 e. The lowest BCUT2D eigenvalue weighted by Crippen LogP contribution is -2.62. The van der Waals surface area contributed by atoms with Gasteiger partial charge >= 0.3 is 17.9 Å². The number of nitrogens with one attached hydrogen (secondary N) is 6. The third-order valence-electron chi connectivity index (χ3n) is 9.04. The maximum atomic E-state index is 14.2. The number of hydrogen-bond acceptors (Lipinski definition) is 10. The van der Waals surface area contributed by atoms with Crippen LogP contribution in [0.25, 0.3) is 0 Å². The number of aryl methyl sites for hydroxylation is 1. The van der Waals surface area contributed by atoms with E-state index in [1.165, 1.54) is 0 Å². The first-order chi connectivity index (χ1) is 27.5. The van der Waals surface area contributed by atoms with Crippen molar-refractivity contribution in [1.29, 1.82) is 0 Å². The second kappa shape index (κ2) is 24.8. The molecule has 0 aliphatic carbocycles. The molecule has 0 radical (unpaired) electrons. The van der Waals surface area contributed by atoms with Crippen LogP contribution in [0.15, 0.2) is 24.3 Å². The number of carboxylic acid groups (broad SMARTS) is 3. The number of aldehydes is 1. The first-order valence-electron chi connectivity index (χ1n) is 19.4. The van der Waals surface area contributed by atoms with E-state index in [2.05, 4.69) is 31.9 Å². The van der Waals surface area contributed by atoms with Gasteiger partial charge in [0.2, 0.25) is 35.4 Å². The number of rotatable bonds is 26. The fourth-order valence-corrected chi connectivity index (χ4v) is 5.87. The fourth-order valence-electron chi connectivity index (χ4n) is 5.87. The van der Waals surface area contributed by atoms with Gasteiger partial charge in [0.05, 0.1) is 18.9 Å². The number of amides is 6. The van der Waals surface area contributed by atoms with Gasteiger partial charge in [0.1, 0.15) is 36.5 Å². The van der Waals surface area contributed by atoms with E-state index in [9.17, 15) is 58.2 Å². The fraction of sp³-hybridized carbons (Fsp3) is 0.600. The van der Waals surface area contributed by atoms with Gasteiger partial charge in [-0.15, -0.1) is 0 Å². The summed E-state index contributed by atoms with van der Waals surface area (Å²) >= 11 is 0. The summed E-state index contributed by atoms with van der Waals surface area (Å²) < 4.78 is 0. The van der Waals surface area contributed by atoms with Gasteiger partial charge in [-0.1, -0.05) is 72.2 Å². The molecule has 59 heavy (non-hydrogen) atoms. The van der Waals surface area contributed by atoms with Gasteiger partial charge in [0.15, 0.2) is 0 Å². The third-order valence-corrected chi connectivity index (χ3v) is 9.04. The summed E-state index contributed by atoms with van der Waals surface area (Å²) in [6.07, 6.45) is -1.69. The monoisotopic (exact) mass is 832 g/mol. The molecule has 19 heteroatoms. The Morgan fingerprint density at radius 2 is 1.19 bits per heavy atom. The van der Waals surface area contributed by atoms with E-state index in [4.69, 9.17) is 5.11 Å². The van der Waals surface area contributed by atoms with Crippen molar-refractivity contribution < 1.29 is 63.3 Å². The highest BCUT2D eigenvalue weighted by Gasteiger charge is 2.38. The molecule has 0 spiro atoms. The van der Waals surface area contributed by atoms with Gasteiger partial charge in [-0.25, -0.2) is 0 Å². The lowest BCUT2D eigenvalue weighted by molar-refractivity contribution is -0.142. The third kappa shape index (κ3) is 19.4. The largest absolute Gasteiger partial charge is 0.481 e. The van der Waals surface area contributed by atoms with E-state index in [-0.39, 0.29) is 18.8 Å². The number of benzene rings is 1. The predicted octanol–water partition coefficient (Wildman–Crippen LogP) is 0.742. The van der Waals surface area contributed by atoms with E-state index in [1.54, 1.807) is 52.0 Å². The molecule has 0 aliphatic heterocycles. The normalized spacial score (nSPS) is 14.2. The zero-order chi connectivity index (χ0) is 45.0. The van der Waals surface area contributed by atoms with Crippen molar-refractivity contribution in [1.82, 2.24) is 31.9 Å². The van der Waals surface area contributed by atoms with Crippen LogP contribution in [0, 0.1) is 18.3 Å². The molecule has 0 saturated heterocycles. The van der Waals surface area contributed by atoms with Crippen molar-refractivity contribution in [2.45, 2.75) is 143 Å². The van der Waals surface area contributed by atoms with Crippen molar-refractivity contribution in [3.8, 4) is 0 Å². The minimum atomic E-state index is -1.79. The summed E-state index contributed by atoms with van der Waals surface area (Å²) in [7, 11) is 0. The lowest BCUT2D eigenvalue weighted by atomic mass is 9.85. The molecule has 0 aromatic heterocycles. The molecule has 1 aromatic carbocycles. The highest BCUT2D eigenvalue weighted by molar-refractivity contribution is 5.97. The molecule has 0 bridgehead atoms. The molecule has 1 aromatic rings. The SMILES string of the molecule is CCCC(C=O)NC(=O)[C@H](CC(C)C)NC(=O)[C@@H](NC(=O)[C@H](Cc1ccccc1C)NC(=O)[C@H](CCC(=O)O)NC(=O)[C@H](CC(=O)O)NC(=O)CCC(=O)O)C(C)(C)C. The first-order valence-corrected chi connectivity index (χ1v) is 19.4. The van der Waals surface area contributed by atoms with E-state index in [1.807, 2.05) is 20.8 Å². The molecular weight excluding hydrogens is 772 g/mol. The molecule has 0 aliphatic rings. The first kappa shape index (κ1) is 51.1. The van der Waals surface area contributed by atoms with Crippen molar-refractivity contribution >= 4 is 59.6 Å². The van der Waals surface area contributed by atoms with E-state index in [0.29, 0.717) is 24.7 Å². The molecule has 6 amide bonds. The maximum absolute atomic E-state index is 14.2. The number of hydrogen-bond donors (Lipinski definition) is 9. The highest BCUT2D eigenvalue weighted by Crippen LogP contribution is 2.21. The van der Waals surface area contributed by atoms with Crippen LogP contribution in [0.1, 0.15) is 104 Å². The number of carbonyl (C=O) groups excluding carboxylic acids is 7. The van der Waals surface area contributed by atoms with Crippen LogP contribution < -0.4 is 31.9 Å². The molecule has 328 valence electrons. The Labute approximate surface area is 343 Å². The summed E-state index contributed by atoms with van der Waals surface area (Å²) in [5, 5.41) is 42.7. The summed E-state index contributed by atoms with van der Waals surface area (Å²) in [5.41, 5.74) is 0.358. The van der Waals surface area contributed by atoms with Crippen LogP contribution in [0.5, 0.6) is 0 Å². The van der Waals surface area contributed by atoms with Crippen molar-refractivity contribution in [2.24, 2.45) is 11.3 Å². The summed E-state index contributed by atoms with van der Waals surface area (Å²) in [4.78, 5) is 127. The van der Waals surface area contributed by atoms with Gasteiger partial charge in [-0.2, -0.15) is 0 Å². The minimum absolute atomic E-state index is 0.0644. The average Bonchev–Trinajstić information content (AvgIpc) is 3.13. The van der Waals surface area contributed by atoms with Gasteiger partial charge in [-0.3, -0.25) is 43.2 Å². The molecule has 0 saturated carbocycles. The Kier molecular flexibility index (Phi) is 21.5. The zero-order valence-corrected chi connectivity index (χ0v) is 34.7. The average molecular weight is 833 g/mol. The van der Waals surface area contributed by atoms with Crippen LogP contribution in [0.4, 0.5) is 0 Å². The van der Waals surface area contributed by atoms with Gasteiger partial charge < -0.3 is 52.0 Å². The highest BCUT2D eigenvalue weighted by atomic mass is 16.4. The Balaban J connectivity index is 3.54. The quantitative estimate of drug-likeness (QED) is 0.0583. The van der Waals surface area contributed by atoms with E-state index < -0.39 is 127 Å². The van der Waals surface area contributed by atoms with Crippen LogP contribution in [-0.2, 0) is 54.4 Å². The Hall–Kier alpha value is -5.88. The number of aliphatic carboxylic acids is 3. The lowest BCUT2D eigenvalue weighted by Gasteiger charge is -2.33. The van der Waals surface area contributed by atoms with Crippen molar-refractivity contribution in [3.63, 3.8) is 0 Å². The number of carboxylic acids is 3. The Morgan fingerprint density at radius 3 is 1.71 bits per heavy atom. The Bertz CT molecular complexity index is 1680. The van der Waals surface area contributed by atoms with Gasteiger partial charge in [0, 0.05) is 19.3 Å². The zero-order valence-electron chi connectivity index (χ0n) is 34.7. The molecule has 19 nitrogen and oxygen atoms in total. The van der Waals surface area contributed by atoms with Crippen LogP contribution >= 0.6 is 0 Å². The standard InChI is InChI=1S/C40H60N6O13/c1-8-11-25(21-47)41-36(56)27(18-22(2)3)45-39(59)34(40(5,6)7)46-38(58)28(19-24-13-10-9-12-23(24)4)44-35(55)26(14-16-31(49)50)43-37(57)29(20-33(53)54)42-30(48)15-17-32(51)52/h9-10,12-13,21-22,25-29,34H,8,11,14-20H2,1-7H3,(H,41,56)(H,42,48)(H,43,57)(H,44,55)(H,45,59)(H,46,58)(H,49,50)(H,51,52)(H,53,54)/t25?,26-,27-,28-,29-,34+/m0/s1. The summed E-state index contributed by atoms with van der Waals surface area (Å²) in [6, 6.07) is -1.15. The summed E-state index contributed by atoms with van der Waals surface area (Å²) in [5.74, 6) is -9.65. The van der Waals surface area contributed by atoms with Gasteiger partial charge in [-0.05, 0) is 48.6 Å². The van der Waals surface area contributed by atoms with E-state index >= 15 is 0 Å². The van der Waals surface area contributed by atoms with E-state index in [0.717, 1.165) is 5.56 Å². The molecule has 6 atom stereocenters. The van der Waals surface area contributed by atoms with Crippen LogP contribution in [-0.4, -0.2) is 111 Å². The van der Waals surface area contributed by atoms with Crippen LogP contribution in [0.2, 0.25) is 0 Å². The second-order valence-corrected chi connectivity index (χ2v) is 15.8. The Morgan fingerprint density at radius 1 is 0.644 bits per heavy atom.